The number of hydrogen-bond donors (Lipinski definition) is 0. The second-order valence-electron chi connectivity index (χ2n) is 11.5. The van der Waals surface area contributed by atoms with Crippen LogP contribution in [0, 0.1) is 29.5 Å². The molecule has 0 bridgehead atoms. The maximum absolute atomic E-state index is 13.2. The number of anilines is 1. The van der Waals surface area contributed by atoms with Crippen LogP contribution in [0.5, 0.6) is 5.75 Å². The number of hydrogen-bond acceptors (Lipinski definition) is 6. The van der Waals surface area contributed by atoms with Crippen LogP contribution in [0.2, 0.25) is 0 Å². The van der Waals surface area contributed by atoms with Crippen LogP contribution in [0.25, 0.3) is 11.1 Å². The third-order valence-electron chi connectivity index (χ3n) is 7.39. The molecule has 40 heavy (non-hydrogen) atoms. The van der Waals surface area contributed by atoms with E-state index in [0.29, 0.717) is 18.6 Å². The van der Waals surface area contributed by atoms with Gasteiger partial charge >= 0.3 is 5.97 Å². The third-order valence-corrected chi connectivity index (χ3v) is 7.39. The summed E-state index contributed by atoms with van der Waals surface area (Å²) in [5, 5.41) is 10.0. The van der Waals surface area contributed by atoms with Crippen molar-refractivity contribution in [3.05, 3.63) is 76.9 Å². The standard InChI is InChI=1S/C33H38FN3O3/c1-22(2)40-30(38)20-28-29(21-35)36-23(3)31(32(28)37-17-15-33(4,5)16-18-37)25-8-12-27(13-9-25)39-19-14-24-6-10-26(34)11-7-24/h6-13,22H,14-20H2,1-5H3. The number of piperidine rings is 1. The molecular weight excluding hydrogens is 505 g/mol. The van der Waals surface area contributed by atoms with Gasteiger partial charge in [0.25, 0.3) is 0 Å². The number of aromatic nitrogens is 1. The van der Waals surface area contributed by atoms with Crippen LogP contribution >= 0.6 is 0 Å². The maximum Gasteiger partial charge on any atom is 0.310 e. The highest BCUT2D eigenvalue weighted by molar-refractivity contribution is 5.87. The number of rotatable bonds is 9. The molecule has 1 aromatic heterocycles. The molecule has 7 heteroatoms. The normalized spacial score (nSPS) is 14.6. The van der Waals surface area contributed by atoms with Crippen molar-refractivity contribution < 1.29 is 18.7 Å². The molecule has 1 aliphatic rings. The van der Waals surface area contributed by atoms with E-state index in [1.807, 2.05) is 45.0 Å². The first-order chi connectivity index (χ1) is 19.1. The summed E-state index contributed by atoms with van der Waals surface area (Å²) in [5.74, 6) is 0.110. The van der Waals surface area contributed by atoms with Gasteiger partial charge in [-0.25, -0.2) is 9.37 Å². The molecule has 2 heterocycles. The first-order valence-electron chi connectivity index (χ1n) is 13.9. The van der Waals surface area contributed by atoms with Crippen molar-refractivity contribution in [2.24, 2.45) is 5.41 Å². The molecule has 0 unspecified atom stereocenters. The van der Waals surface area contributed by atoms with Gasteiger partial charge in [0.2, 0.25) is 0 Å². The number of nitriles is 1. The minimum Gasteiger partial charge on any atom is -0.493 e. The summed E-state index contributed by atoms with van der Waals surface area (Å²) < 4.78 is 24.6. The third kappa shape index (κ3) is 7.18. The Morgan fingerprint density at radius 1 is 1.10 bits per heavy atom. The Hall–Kier alpha value is -3.92. The van der Waals surface area contributed by atoms with Crippen LogP contribution in [0.1, 0.15) is 63.1 Å². The van der Waals surface area contributed by atoms with Crippen molar-refractivity contribution in [1.29, 1.82) is 5.26 Å². The fourth-order valence-electron chi connectivity index (χ4n) is 5.12. The molecule has 0 atom stereocenters. The minimum atomic E-state index is -0.369. The zero-order valence-electron chi connectivity index (χ0n) is 24.1. The van der Waals surface area contributed by atoms with Crippen molar-refractivity contribution >= 4 is 11.7 Å². The second kappa shape index (κ2) is 12.5. The number of esters is 1. The summed E-state index contributed by atoms with van der Waals surface area (Å²) in [6, 6.07) is 16.5. The smallest absolute Gasteiger partial charge is 0.310 e. The summed E-state index contributed by atoms with van der Waals surface area (Å²) >= 11 is 0. The predicted molar refractivity (Wildman–Crippen MR) is 155 cm³/mol. The van der Waals surface area contributed by atoms with Gasteiger partial charge in [0.1, 0.15) is 23.3 Å². The second-order valence-corrected chi connectivity index (χ2v) is 11.5. The topological polar surface area (TPSA) is 75.5 Å². The minimum absolute atomic E-state index is 0.0127. The molecule has 6 nitrogen and oxygen atoms in total. The Labute approximate surface area is 236 Å². The van der Waals surface area contributed by atoms with E-state index in [2.05, 4.69) is 29.8 Å². The predicted octanol–water partition coefficient (Wildman–Crippen LogP) is 6.81. The van der Waals surface area contributed by atoms with Gasteiger partial charge in [0, 0.05) is 36.3 Å². The van der Waals surface area contributed by atoms with E-state index >= 15 is 0 Å². The number of carbonyl (C=O) groups is 1. The first kappa shape index (κ1) is 29.1. The van der Waals surface area contributed by atoms with Crippen LogP contribution in [-0.4, -0.2) is 36.8 Å². The Kier molecular flexibility index (Phi) is 9.09. The fourth-order valence-corrected chi connectivity index (χ4v) is 5.12. The monoisotopic (exact) mass is 543 g/mol. The molecule has 210 valence electrons. The molecule has 1 aliphatic heterocycles. The van der Waals surface area contributed by atoms with Gasteiger partial charge in [-0.1, -0.05) is 38.1 Å². The number of halogens is 1. The van der Waals surface area contributed by atoms with Crippen molar-refractivity contribution in [2.75, 3.05) is 24.6 Å². The van der Waals surface area contributed by atoms with Gasteiger partial charge in [-0.05, 0) is 74.4 Å². The molecular formula is C33H38FN3O3. The summed E-state index contributed by atoms with van der Waals surface area (Å²) in [5.41, 5.74) is 5.63. The number of aryl methyl sites for hydroxylation is 1. The van der Waals surface area contributed by atoms with E-state index in [9.17, 15) is 14.4 Å². The van der Waals surface area contributed by atoms with Gasteiger partial charge in [-0.3, -0.25) is 4.79 Å². The molecule has 1 saturated heterocycles. The van der Waals surface area contributed by atoms with Crippen LogP contribution in [0.15, 0.2) is 48.5 Å². The van der Waals surface area contributed by atoms with Crippen LogP contribution in [0.4, 0.5) is 10.1 Å². The molecule has 0 radical (unpaired) electrons. The van der Waals surface area contributed by atoms with E-state index < -0.39 is 0 Å². The molecule has 0 N–H and O–H groups in total. The summed E-state index contributed by atoms with van der Waals surface area (Å²) in [7, 11) is 0. The number of pyridine rings is 1. The lowest BCUT2D eigenvalue weighted by atomic mass is 9.82. The highest BCUT2D eigenvalue weighted by atomic mass is 19.1. The molecule has 0 aliphatic carbocycles. The molecule has 0 amide bonds. The van der Waals surface area contributed by atoms with Gasteiger partial charge in [-0.15, -0.1) is 0 Å². The lowest BCUT2D eigenvalue weighted by molar-refractivity contribution is -0.146. The zero-order chi connectivity index (χ0) is 28.9. The van der Waals surface area contributed by atoms with Crippen LogP contribution in [0.3, 0.4) is 0 Å². The van der Waals surface area contributed by atoms with Crippen molar-refractivity contribution in [2.45, 2.75) is 66.4 Å². The summed E-state index contributed by atoms with van der Waals surface area (Å²) in [4.78, 5) is 19.8. The zero-order valence-corrected chi connectivity index (χ0v) is 24.1. The summed E-state index contributed by atoms with van der Waals surface area (Å²) in [6.07, 6.45) is 2.43. The molecule has 3 aromatic rings. The number of nitrogens with zero attached hydrogens (tertiary/aromatic N) is 3. The first-order valence-corrected chi connectivity index (χ1v) is 13.9. The van der Waals surface area contributed by atoms with Crippen molar-refractivity contribution in [3.8, 4) is 22.9 Å². The van der Waals surface area contributed by atoms with E-state index in [0.717, 1.165) is 59.8 Å². The molecule has 0 saturated carbocycles. The largest absolute Gasteiger partial charge is 0.493 e. The average Bonchev–Trinajstić information content (AvgIpc) is 2.90. The lowest BCUT2D eigenvalue weighted by Gasteiger charge is -2.40. The van der Waals surface area contributed by atoms with Gasteiger partial charge < -0.3 is 14.4 Å². The highest BCUT2D eigenvalue weighted by Crippen LogP contribution is 2.42. The molecule has 0 spiro atoms. The van der Waals surface area contributed by atoms with Crippen LogP contribution in [-0.2, 0) is 22.4 Å². The van der Waals surface area contributed by atoms with E-state index in [-0.39, 0.29) is 35.4 Å². The summed E-state index contributed by atoms with van der Waals surface area (Å²) in [6.45, 7) is 12.2. The van der Waals surface area contributed by atoms with Gasteiger partial charge in [-0.2, -0.15) is 5.26 Å². The molecule has 1 fully saturated rings. The van der Waals surface area contributed by atoms with Crippen LogP contribution < -0.4 is 9.64 Å². The van der Waals surface area contributed by atoms with Gasteiger partial charge in [0.15, 0.2) is 0 Å². The molecule has 4 rings (SSSR count). The number of benzene rings is 2. The lowest BCUT2D eigenvalue weighted by Crippen LogP contribution is -2.38. The van der Waals surface area contributed by atoms with Crippen molar-refractivity contribution in [1.82, 2.24) is 4.98 Å². The Morgan fingerprint density at radius 2 is 1.75 bits per heavy atom. The molecule has 2 aromatic carbocycles. The van der Waals surface area contributed by atoms with E-state index in [1.165, 1.54) is 12.1 Å². The van der Waals surface area contributed by atoms with E-state index in [4.69, 9.17) is 9.47 Å². The quantitative estimate of drug-likeness (QED) is 0.276. The van der Waals surface area contributed by atoms with E-state index in [1.54, 1.807) is 12.1 Å². The average molecular weight is 544 g/mol. The Balaban J connectivity index is 1.66. The maximum atomic E-state index is 13.2. The number of carbonyl (C=O) groups excluding carboxylic acids is 1. The highest BCUT2D eigenvalue weighted by Gasteiger charge is 2.31. The van der Waals surface area contributed by atoms with Crippen molar-refractivity contribution in [3.63, 3.8) is 0 Å². The fraction of sp³-hybridized carbons (Fsp3) is 0.424. The number of ether oxygens (including phenoxy) is 2. The Morgan fingerprint density at radius 3 is 2.35 bits per heavy atom. The van der Waals surface area contributed by atoms with Gasteiger partial charge in [0.05, 0.1) is 24.8 Å². The Bertz CT molecular complexity index is 1370. The SMILES string of the molecule is Cc1nc(C#N)c(CC(=O)OC(C)C)c(N2CCC(C)(C)CC2)c1-c1ccc(OCCc2ccc(F)cc2)cc1.